The molecule has 19 heavy (non-hydrogen) atoms. The molecule has 0 saturated heterocycles. The van der Waals surface area contributed by atoms with Crippen molar-refractivity contribution in [1.82, 2.24) is 4.57 Å². The van der Waals surface area contributed by atoms with Gasteiger partial charge in [-0.1, -0.05) is 35.5 Å². The highest BCUT2D eigenvalue weighted by atomic mass is 16.4. The van der Waals surface area contributed by atoms with Crippen molar-refractivity contribution < 1.29 is 5.21 Å². The van der Waals surface area contributed by atoms with Crippen LogP contribution in [0.2, 0.25) is 0 Å². The van der Waals surface area contributed by atoms with Crippen molar-refractivity contribution in [1.29, 1.82) is 0 Å². The fraction of sp³-hybridized carbons (Fsp3) is 0.143. The molecular weight excluding hydrogens is 242 g/mol. The van der Waals surface area contributed by atoms with Crippen molar-refractivity contribution in [2.45, 2.75) is 13.0 Å². The largest absolute Gasteiger partial charge is 0.409 e. The Hall–Kier alpha value is -2.56. The molecule has 0 unspecified atom stereocenters. The first-order valence-electron chi connectivity index (χ1n) is 5.93. The maximum Gasteiger partial charge on any atom is 0.251 e. The third kappa shape index (κ3) is 3.22. The molecule has 0 bridgehead atoms. The molecule has 5 heteroatoms. The normalized spacial score (nSPS) is 11.5. The lowest BCUT2D eigenvalue weighted by atomic mass is 10.1. The van der Waals surface area contributed by atoms with Crippen molar-refractivity contribution in [3.8, 4) is 0 Å². The van der Waals surface area contributed by atoms with Crippen molar-refractivity contribution in [2.75, 3.05) is 0 Å². The minimum atomic E-state index is -0.167. The third-order valence-corrected chi connectivity index (χ3v) is 2.88. The van der Waals surface area contributed by atoms with Gasteiger partial charge in [0.25, 0.3) is 5.56 Å². The molecule has 0 amide bonds. The number of aromatic nitrogens is 1. The van der Waals surface area contributed by atoms with Gasteiger partial charge in [-0.2, -0.15) is 0 Å². The summed E-state index contributed by atoms with van der Waals surface area (Å²) >= 11 is 0. The lowest BCUT2D eigenvalue weighted by Crippen LogP contribution is -2.23. The van der Waals surface area contributed by atoms with E-state index in [1.165, 1.54) is 11.6 Å². The number of nitrogens with zero attached hydrogens (tertiary/aromatic N) is 2. The third-order valence-electron chi connectivity index (χ3n) is 2.88. The van der Waals surface area contributed by atoms with E-state index in [9.17, 15) is 4.79 Å². The van der Waals surface area contributed by atoms with Crippen LogP contribution in [0.3, 0.4) is 0 Å². The molecule has 0 saturated carbocycles. The molecule has 0 radical (unpaired) electrons. The highest BCUT2D eigenvalue weighted by Crippen LogP contribution is 2.01. The molecule has 0 fully saturated rings. The van der Waals surface area contributed by atoms with Gasteiger partial charge in [-0.15, -0.1) is 0 Å². The molecule has 0 spiro atoms. The Balaban J connectivity index is 2.12. The first kappa shape index (κ1) is 12.9. The van der Waals surface area contributed by atoms with Crippen LogP contribution in [0, 0.1) is 0 Å². The summed E-state index contributed by atoms with van der Waals surface area (Å²) in [5, 5.41) is 11.4. The summed E-state index contributed by atoms with van der Waals surface area (Å²) in [6, 6.07) is 13.0. The molecule has 0 atom stereocenters. The molecule has 2 rings (SSSR count). The van der Waals surface area contributed by atoms with Crippen LogP contribution in [-0.4, -0.2) is 15.6 Å². The van der Waals surface area contributed by atoms with Crippen LogP contribution in [0.1, 0.15) is 11.1 Å². The monoisotopic (exact) mass is 257 g/mol. The van der Waals surface area contributed by atoms with Gasteiger partial charge < -0.3 is 15.5 Å². The number of hydrogen-bond acceptors (Lipinski definition) is 3. The zero-order valence-corrected chi connectivity index (χ0v) is 10.4. The van der Waals surface area contributed by atoms with E-state index in [1.807, 2.05) is 30.3 Å². The van der Waals surface area contributed by atoms with Crippen LogP contribution < -0.4 is 11.3 Å². The predicted molar refractivity (Wildman–Crippen MR) is 73.4 cm³/mol. The Morgan fingerprint density at radius 3 is 2.63 bits per heavy atom. The summed E-state index contributed by atoms with van der Waals surface area (Å²) in [4.78, 5) is 11.9. The van der Waals surface area contributed by atoms with Crippen LogP contribution in [0.4, 0.5) is 0 Å². The van der Waals surface area contributed by atoms with E-state index in [4.69, 9.17) is 10.9 Å². The lowest BCUT2D eigenvalue weighted by molar-refractivity contribution is 0.318. The average molecular weight is 257 g/mol. The smallest absolute Gasteiger partial charge is 0.251 e. The maximum absolute atomic E-state index is 11.9. The number of hydrogen-bond donors (Lipinski definition) is 2. The first-order valence-corrected chi connectivity index (χ1v) is 5.93. The molecule has 2 aromatic rings. The van der Waals surface area contributed by atoms with Crippen LogP contribution in [-0.2, 0) is 13.0 Å². The number of benzene rings is 1. The number of aryl methyl sites for hydroxylation is 2. The summed E-state index contributed by atoms with van der Waals surface area (Å²) < 4.78 is 1.60. The van der Waals surface area contributed by atoms with E-state index in [0.29, 0.717) is 12.1 Å². The van der Waals surface area contributed by atoms with E-state index < -0.39 is 0 Å². The van der Waals surface area contributed by atoms with E-state index in [0.717, 1.165) is 6.42 Å². The molecule has 0 aliphatic carbocycles. The van der Waals surface area contributed by atoms with Gasteiger partial charge >= 0.3 is 0 Å². The van der Waals surface area contributed by atoms with Gasteiger partial charge in [0.1, 0.15) is 0 Å². The number of oxime groups is 1. The first-order chi connectivity index (χ1) is 9.20. The van der Waals surface area contributed by atoms with Crippen molar-refractivity contribution in [3.05, 3.63) is 70.1 Å². The van der Waals surface area contributed by atoms with Gasteiger partial charge in [-0.3, -0.25) is 4.79 Å². The topological polar surface area (TPSA) is 80.6 Å². The van der Waals surface area contributed by atoms with Gasteiger partial charge in [0, 0.05) is 24.4 Å². The second-order valence-corrected chi connectivity index (χ2v) is 4.17. The van der Waals surface area contributed by atoms with Gasteiger partial charge in [-0.05, 0) is 18.1 Å². The summed E-state index contributed by atoms with van der Waals surface area (Å²) in [5.41, 5.74) is 6.86. The number of pyridine rings is 1. The minimum Gasteiger partial charge on any atom is -0.409 e. The summed E-state index contributed by atoms with van der Waals surface area (Å²) in [7, 11) is 0. The SMILES string of the molecule is N/C(=N\O)c1ccn(CCc2ccccc2)c(=O)c1. The van der Waals surface area contributed by atoms with E-state index in [2.05, 4.69) is 5.16 Å². The molecule has 3 N–H and O–H groups in total. The van der Waals surface area contributed by atoms with Crippen molar-refractivity contribution in [2.24, 2.45) is 10.9 Å². The standard InChI is InChI=1S/C14H15N3O2/c15-14(16-19)12-7-9-17(13(18)10-12)8-6-11-4-2-1-3-5-11/h1-5,7,9-10,19H,6,8H2,(H2,15,16). The minimum absolute atomic E-state index is 0.0627. The van der Waals surface area contributed by atoms with Crippen LogP contribution in [0.25, 0.3) is 0 Å². The van der Waals surface area contributed by atoms with Gasteiger partial charge in [0.15, 0.2) is 5.84 Å². The van der Waals surface area contributed by atoms with Crippen LogP contribution in [0.5, 0.6) is 0 Å². The second kappa shape index (κ2) is 5.86. The lowest BCUT2D eigenvalue weighted by Gasteiger charge is -2.06. The van der Waals surface area contributed by atoms with E-state index in [-0.39, 0.29) is 11.4 Å². The van der Waals surface area contributed by atoms with Crippen molar-refractivity contribution >= 4 is 5.84 Å². The van der Waals surface area contributed by atoms with Crippen molar-refractivity contribution in [3.63, 3.8) is 0 Å². The van der Waals surface area contributed by atoms with Gasteiger partial charge in [-0.25, -0.2) is 0 Å². The Morgan fingerprint density at radius 1 is 1.26 bits per heavy atom. The number of amidine groups is 1. The molecule has 98 valence electrons. The van der Waals surface area contributed by atoms with E-state index in [1.54, 1.807) is 16.8 Å². The molecule has 1 aromatic carbocycles. The van der Waals surface area contributed by atoms with E-state index >= 15 is 0 Å². The average Bonchev–Trinajstić information content (AvgIpc) is 2.46. The van der Waals surface area contributed by atoms with Crippen LogP contribution >= 0.6 is 0 Å². The Bertz CT molecular complexity index is 633. The zero-order chi connectivity index (χ0) is 13.7. The summed E-state index contributed by atoms with van der Waals surface area (Å²) in [6.45, 7) is 0.597. The van der Waals surface area contributed by atoms with Crippen LogP contribution in [0.15, 0.2) is 58.6 Å². The summed E-state index contributed by atoms with van der Waals surface area (Å²) in [5.74, 6) is -0.0627. The molecule has 0 aliphatic heterocycles. The Morgan fingerprint density at radius 2 is 2.00 bits per heavy atom. The quantitative estimate of drug-likeness (QED) is 0.373. The van der Waals surface area contributed by atoms with Gasteiger partial charge in [0.2, 0.25) is 0 Å². The van der Waals surface area contributed by atoms with Gasteiger partial charge in [0.05, 0.1) is 0 Å². The highest BCUT2D eigenvalue weighted by molar-refractivity contribution is 5.96. The fourth-order valence-corrected chi connectivity index (χ4v) is 1.80. The predicted octanol–water partition coefficient (Wildman–Crippen LogP) is 1.19. The molecule has 1 aromatic heterocycles. The number of nitrogens with two attached hydrogens (primary N) is 1. The fourth-order valence-electron chi connectivity index (χ4n) is 1.80. The highest BCUT2D eigenvalue weighted by Gasteiger charge is 2.02. The zero-order valence-electron chi connectivity index (χ0n) is 10.4. The molecule has 0 aliphatic rings. The Kier molecular flexibility index (Phi) is 3.97. The maximum atomic E-state index is 11.9. The second-order valence-electron chi connectivity index (χ2n) is 4.17. The number of rotatable bonds is 4. The molecular formula is C14H15N3O2. The molecule has 1 heterocycles. The molecule has 5 nitrogen and oxygen atoms in total. The summed E-state index contributed by atoms with van der Waals surface area (Å²) in [6.07, 6.45) is 2.43. The Labute approximate surface area is 110 Å².